The third-order valence-electron chi connectivity index (χ3n) is 2.86. The Morgan fingerprint density at radius 2 is 2.05 bits per heavy atom. The quantitative estimate of drug-likeness (QED) is 0.666. The van der Waals surface area contributed by atoms with Crippen LogP contribution in [0.15, 0.2) is 42.7 Å². The van der Waals surface area contributed by atoms with Crippen molar-refractivity contribution in [3.63, 3.8) is 0 Å². The molecular formula is C14H14N4O. The number of aromatic amines is 1. The maximum Gasteiger partial charge on any atom is 0.163 e. The Hall–Kier alpha value is -2.40. The predicted octanol–water partition coefficient (Wildman–Crippen LogP) is 2.03. The first kappa shape index (κ1) is 11.7. The number of hydrogen-bond acceptors (Lipinski definition) is 4. The predicted molar refractivity (Wildman–Crippen MR) is 74.9 cm³/mol. The van der Waals surface area contributed by atoms with Crippen molar-refractivity contribution in [2.45, 2.75) is 0 Å². The molecule has 0 spiro atoms. The van der Waals surface area contributed by atoms with Gasteiger partial charge in [0.05, 0.1) is 12.1 Å². The fourth-order valence-corrected chi connectivity index (χ4v) is 1.98. The zero-order chi connectivity index (χ0) is 13.1. The van der Waals surface area contributed by atoms with Crippen LogP contribution in [0.2, 0.25) is 0 Å². The minimum atomic E-state index is 0.0673. The lowest BCUT2D eigenvalue weighted by Crippen LogP contribution is -2.08. The Bertz CT molecular complexity index is 679. The topological polar surface area (TPSA) is 73.8 Å². The van der Waals surface area contributed by atoms with Crippen LogP contribution in [0.1, 0.15) is 0 Å². The molecule has 19 heavy (non-hydrogen) atoms. The molecule has 0 saturated carbocycles. The van der Waals surface area contributed by atoms with E-state index in [1.807, 2.05) is 42.7 Å². The summed E-state index contributed by atoms with van der Waals surface area (Å²) in [5, 5.41) is 13.0. The molecule has 5 nitrogen and oxygen atoms in total. The fraction of sp³-hybridized carbons (Fsp3) is 0.143. The Balaban J connectivity index is 2.15. The van der Waals surface area contributed by atoms with Gasteiger partial charge >= 0.3 is 0 Å². The van der Waals surface area contributed by atoms with Crippen molar-refractivity contribution in [2.75, 3.05) is 18.5 Å². The summed E-state index contributed by atoms with van der Waals surface area (Å²) in [5.74, 6) is 1.41. The van der Waals surface area contributed by atoms with E-state index >= 15 is 0 Å². The molecular weight excluding hydrogens is 240 g/mol. The number of nitrogens with zero attached hydrogens (tertiary/aromatic N) is 2. The number of benzene rings is 1. The van der Waals surface area contributed by atoms with Crippen LogP contribution in [-0.2, 0) is 0 Å². The summed E-state index contributed by atoms with van der Waals surface area (Å²) in [7, 11) is 0. The smallest absolute Gasteiger partial charge is 0.163 e. The first-order chi connectivity index (χ1) is 9.38. The molecule has 0 aliphatic heterocycles. The molecule has 5 heteroatoms. The van der Waals surface area contributed by atoms with E-state index in [2.05, 4.69) is 20.3 Å². The number of anilines is 1. The number of aliphatic hydroxyl groups is 1. The van der Waals surface area contributed by atoms with Gasteiger partial charge < -0.3 is 15.4 Å². The van der Waals surface area contributed by atoms with Gasteiger partial charge in [0.15, 0.2) is 5.82 Å². The van der Waals surface area contributed by atoms with Crippen molar-refractivity contribution in [3.05, 3.63) is 42.7 Å². The largest absolute Gasteiger partial charge is 0.395 e. The van der Waals surface area contributed by atoms with E-state index in [0.29, 0.717) is 12.4 Å². The molecule has 0 atom stereocenters. The van der Waals surface area contributed by atoms with Crippen LogP contribution in [0.3, 0.4) is 0 Å². The van der Waals surface area contributed by atoms with E-state index in [-0.39, 0.29) is 6.61 Å². The molecule has 0 amide bonds. The highest BCUT2D eigenvalue weighted by Gasteiger charge is 2.08. The van der Waals surface area contributed by atoms with Crippen LogP contribution >= 0.6 is 0 Å². The SMILES string of the molecule is OCCNc1nc(-c2cc[nH]c2)nc2ccccc12. The summed E-state index contributed by atoms with van der Waals surface area (Å²) >= 11 is 0. The van der Waals surface area contributed by atoms with Crippen molar-refractivity contribution < 1.29 is 5.11 Å². The molecule has 0 aliphatic carbocycles. The number of fused-ring (bicyclic) bond motifs is 1. The van der Waals surface area contributed by atoms with Crippen LogP contribution < -0.4 is 5.32 Å². The maximum atomic E-state index is 8.94. The van der Waals surface area contributed by atoms with Crippen molar-refractivity contribution in [1.82, 2.24) is 15.0 Å². The van der Waals surface area contributed by atoms with Gasteiger partial charge in [0.1, 0.15) is 5.82 Å². The molecule has 0 saturated heterocycles. The van der Waals surface area contributed by atoms with Gasteiger partial charge in [-0.2, -0.15) is 0 Å². The molecule has 2 heterocycles. The van der Waals surface area contributed by atoms with Gasteiger partial charge in [0.25, 0.3) is 0 Å². The lowest BCUT2D eigenvalue weighted by atomic mass is 10.2. The molecule has 0 fully saturated rings. The number of aromatic nitrogens is 3. The Kier molecular flexibility index (Phi) is 3.12. The van der Waals surface area contributed by atoms with Crippen molar-refractivity contribution in [3.8, 4) is 11.4 Å². The molecule has 96 valence electrons. The third kappa shape index (κ3) is 2.28. The average Bonchev–Trinajstić information content (AvgIpc) is 2.98. The van der Waals surface area contributed by atoms with E-state index in [0.717, 1.165) is 22.3 Å². The second kappa shape index (κ2) is 5.07. The number of rotatable bonds is 4. The molecule has 3 aromatic rings. The lowest BCUT2D eigenvalue weighted by Gasteiger charge is -2.09. The van der Waals surface area contributed by atoms with Gasteiger partial charge in [0, 0.05) is 29.9 Å². The third-order valence-corrected chi connectivity index (χ3v) is 2.86. The Labute approximate surface area is 110 Å². The summed E-state index contributed by atoms with van der Waals surface area (Å²) in [5.41, 5.74) is 1.83. The van der Waals surface area contributed by atoms with E-state index < -0.39 is 0 Å². The summed E-state index contributed by atoms with van der Waals surface area (Å²) in [6, 6.07) is 9.75. The summed E-state index contributed by atoms with van der Waals surface area (Å²) in [6.07, 6.45) is 3.70. The van der Waals surface area contributed by atoms with Gasteiger partial charge in [-0.1, -0.05) is 12.1 Å². The van der Waals surface area contributed by atoms with Gasteiger partial charge in [-0.05, 0) is 18.2 Å². The van der Waals surface area contributed by atoms with E-state index in [1.54, 1.807) is 0 Å². The van der Waals surface area contributed by atoms with Crippen LogP contribution in [-0.4, -0.2) is 33.2 Å². The number of para-hydroxylation sites is 1. The lowest BCUT2D eigenvalue weighted by molar-refractivity contribution is 0.311. The standard InChI is InChI=1S/C14H14N4O/c19-8-7-16-14-11-3-1-2-4-12(11)17-13(18-14)10-5-6-15-9-10/h1-6,9,15,19H,7-8H2,(H,16,17,18). The first-order valence-corrected chi connectivity index (χ1v) is 6.13. The number of hydrogen-bond donors (Lipinski definition) is 3. The second-order valence-corrected chi connectivity index (χ2v) is 4.16. The fourth-order valence-electron chi connectivity index (χ4n) is 1.98. The highest BCUT2D eigenvalue weighted by Crippen LogP contribution is 2.24. The molecule has 0 radical (unpaired) electrons. The summed E-state index contributed by atoms with van der Waals surface area (Å²) in [6.45, 7) is 0.533. The first-order valence-electron chi connectivity index (χ1n) is 6.13. The number of aliphatic hydroxyl groups excluding tert-OH is 1. The van der Waals surface area contributed by atoms with Gasteiger partial charge in [-0.3, -0.25) is 0 Å². The maximum absolute atomic E-state index is 8.94. The van der Waals surface area contributed by atoms with E-state index in [4.69, 9.17) is 5.11 Å². The highest BCUT2D eigenvalue weighted by atomic mass is 16.3. The van der Waals surface area contributed by atoms with Crippen molar-refractivity contribution in [2.24, 2.45) is 0 Å². The molecule has 2 aromatic heterocycles. The summed E-state index contributed by atoms with van der Waals surface area (Å²) < 4.78 is 0. The van der Waals surface area contributed by atoms with Gasteiger partial charge in [-0.15, -0.1) is 0 Å². The molecule has 3 N–H and O–H groups in total. The molecule has 3 rings (SSSR count). The van der Waals surface area contributed by atoms with Crippen LogP contribution in [0.4, 0.5) is 5.82 Å². The van der Waals surface area contributed by atoms with E-state index in [1.165, 1.54) is 0 Å². The minimum Gasteiger partial charge on any atom is -0.395 e. The van der Waals surface area contributed by atoms with Crippen LogP contribution in [0.25, 0.3) is 22.3 Å². The molecule has 0 unspecified atom stereocenters. The number of nitrogens with one attached hydrogen (secondary N) is 2. The minimum absolute atomic E-state index is 0.0673. The molecule has 0 aliphatic rings. The Morgan fingerprint density at radius 1 is 1.16 bits per heavy atom. The monoisotopic (exact) mass is 254 g/mol. The zero-order valence-corrected chi connectivity index (χ0v) is 10.3. The summed E-state index contributed by atoms with van der Waals surface area (Å²) in [4.78, 5) is 12.1. The number of H-pyrrole nitrogens is 1. The van der Waals surface area contributed by atoms with Crippen molar-refractivity contribution in [1.29, 1.82) is 0 Å². The highest BCUT2D eigenvalue weighted by molar-refractivity contribution is 5.90. The Morgan fingerprint density at radius 3 is 2.84 bits per heavy atom. The zero-order valence-electron chi connectivity index (χ0n) is 10.3. The second-order valence-electron chi connectivity index (χ2n) is 4.16. The molecule has 1 aromatic carbocycles. The van der Waals surface area contributed by atoms with E-state index in [9.17, 15) is 0 Å². The molecule has 0 bridgehead atoms. The average molecular weight is 254 g/mol. The van der Waals surface area contributed by atoms with Crippen LogP contribution in [0.5, 0.6) is 0 Å². The van der Waals surface area contributed by atoms with Gasteiger partial charge in [0.2, 0.25) is 0 Å². The van der Waals surface area contributed by atoms with Crippen molar-refractivity contribution >= 4 is 16.7 Å². The van der Waals surface area contributed by atoms with Crippen LogP contribution in [0, 0.1) is 0 Å². The normalized spacial score (nSPS) is 10.8. The van der Waals surface area contributed by atoms with Gasteiger partial charge in [-0.25, -0.2) is 9.97 Å².